The number of rotatable bonds is 6. The third-order valence-corrected chi connectivity index (χ3v) is 5.24. The van der Waals surface area contributed by atoms with Crippen molar-refractivity contribution in [2.45, 2.75) is 39.5 Å². The molecule has 0 aliphatic heterocycles. The molecular weight excluding hydrogens is 374 g/mol. The fourth-order valence-electron chi connectivity index (χ4n) is 3.66. The summed E-state index contributed by atoms with van der Waals surface area (Å²) in [6.45, 7) is 4.07. The second-order valence-electron chi connectivity index (χ2n) is 7.28. The van der Waals surface area contributed by atoms with Crippen molar-refractivity contribution in [2.24, 2.45) is 0 Å². The predicted molar refractivity (Wildman–Crippen MR) is 116 cm³/mol. The fourth-order valence-corrected chi connectivity index (χ4v) is 3.66. The molecule has 0 radical (unpaired) electrons. The Kier molecular flexibility index (Phi) is 5.44. The van der Waals surface area contributed by atoms with E-state index in [2.05, 4.69) is 28.1 Å². The van der Waals surface area contributed by atoms with Crippen LogP contribution < -0.4 is 5.56 Å². The summed E-state index contributed by atoms with van der Waals surface area (Å²) in [6.07, 6.45) is 2.87. The maximum Gasteiger partial charge on any atom is 0.277 e. The van der Waals surface area contributed by atoms with Crippen LogP contribution in [0.1, 0.15) is 48.5 Å². The van der Waals surface area contributed by atoms with Crippen molar-refractivity contribution < 1.29 is 0 Å². The average Bonchev–Trinajstić information content (AvgIpc) is 3.20. The zero-order chi connectivity index (χ0) is 21.1. The zero-order valence-corrected chi connectivity index (χ0v) is 17.1. The Balaban J connectivity index is 1.71. The number of aryl methyl sites for hydroxylation is 2. The number of fused-ring (bicyclic) bond motifs is 1. The Morgan fingerprint density at radius 1 is 1.07 bits per heavy atom. The van der Waals surface area contributed by atoms with Crippen molar-refractivity contribution in [3.63, 3.8) is 0 Å². The molecule has 4 aromatic rings. The van der Waals surface area contributed by atoms with Gasteiger partial charge in [0.2, 0.25) is 0 Å². The number of hydrogen-bond acceptors (Lipinski definition) is 4. The lowest BCUT2D eigenvalue weighted by Crippen LogP contribution is -2.23. The first kappa shape index (κ1) is 19.6. The quantitative estimate of drug-likeness (QED) is 0.531. The smallest absolute Gasteiger partial charge is 0.275 e. The molecule has 0 aliphatic rings. The van der Waals surface area contributed by atoms with Crippen LogP contribution in [0.15, 0.2) is 53.3 Å². The highest BCUT2D eigenvalue weighted by Gasteiger charge is 2.16. The molecule has 1 N–H and O–H groups in total. The van der Waals surface area contributed by atoms with Gasteiger partial charge in [-0.05, 0) is 29.2 Å². The van der Waals surface area contributed by atoms with E-state index in [4.69, 9.17) is 0 Å². The molecule has 0 saturated carbocycles. The van der Waals surface area contributed by atoms with Gasteiger partial charge in [0.15, 0.2) is 0 Å². The molecule has 0 unspecified atom stereocenters. The molecule has 6 nitrogen and oxygen atoms in total. The van der Waals surface area contributed by atoms with E-state index in [0.717, 1.165) is 41.1 Å². The second kappa shape index (κ2) is 8.34. The average molecular weight is 397 g/mol. The summed E-state index contributed by atoms with van der Waals surface area (Å²) in [5.41, 5.74) is 4.99. The van der Waals surface area contributed by atoms with E-state index in [0.29, 0.717) is 29.7 Å². The topological polar surface area (TPSA) is 86.8 Å². The molecule has 0 aliphatic carbocycles. The summed E-state index contributed by atoms with van der Waals surface area (Å²) < 4.78 is 1.45. The van der Waals surface area contributed by atoms with Crippen molar-refractivity contribution in [1.82, 2.24) is 19.6 Å². The Labute approximate surface area is 174 Å². The van der Waals surface area contributed by atoms with E-state index in [1.807, 2.05) is 55.5 Å². The highest BCUT2D eigenvalue weighted by Crippen LogP contribution is 2.24. The standard InChI is InChI=1S/C24H23N5O/c1-3-7-21-20(23(30)29-24(26-21)27-22(4-2)28-29)14-16-10-12-17(13-11-16)19-9-6-5-8-18(19)15-25/h5-6,8-13H,3-4,7,14H2,1-2H3,(H,26,27,28). The summed E-state index contributed by atoms with van der Waals surface area (Å²) in [6, 6.07) is 17.8. The molecule has 0 atom stereocenters. The van der Waals surface area contributed by atoms with E-state index in [1.165, 1.54) is 4.52 Å². The first-order valence-corrected chi connectivity index (χ1v) is 10.2. The van der Waals surface area contributed by atoms with Crippen LogP contribution in [-0.4, -0.2) is 19.6 Å². The molecule has 0 bridgehead atoms. The van der Waals surface area contributed by atoms with Crippen LogP contribution in [0.5, 0.6) is 0 Å². The summed E-state index contributed by atoms with van der Waals surface area (Å²) in [5.74, 6) is 1.19. The number of H-pyrrole nitrogens is 1. The van der Waals surface area contributed by atoms with E-state index in [-0.39, 0.29) is 5.56 Å². The number of hydrogen-bond donors (Lipinski definition) is 1. The largest absolute Gasteiger partial charge is 0.277 e. The van der Waals surface area contributed by atoms with Crippen molar-refractivity contribution in [2.75, 3.05) is 0 Å². The summed E-state index contributed by atoms with van der Waals surface area (Å²) in [5, 5.41) is 12.4. The summed E-state index contributed by atoms with van der Waals surface area (Å²) >= 11 is 0. The second-order valence-corrected chi connectivity index (χ2v) is 7.28. The highest BCUT2D eigenvalue weighted by atomic mass is 16.1. The van der Waals surface area contributed by atoms with Gasteiger partial charge in [-0.1, -0.05) is 62.7 Å². The lowest BCUT2D eigenvalue weighted by Gasteiger charge is -2.09. The number of aromatic amines is 1. The van der Waals surface area contributed by atoms with Crippen LogP contribution in [0.2, 0.25) is 0 Å². The molecule has 2 aromatic carbocycles. The Morgan fingerprint density at radius 3 is 2.53 bits per heavy atom. The van der Waals surface area contributed by atoms with Crippen LogP contribution in [0.3, 0.4) is 0 Å². The van der Waals surface area contributed by atoms with Gasteiger partial charge in [0.25, 0.3) is 11.3 Å². The van der Waals surface area contributed by atoms with Crippen molar-refractivity contribution >= 4 is 5.78 Å². The molecule has 0 amide bonds. The first-order valence-electron chi connectivity index (χ1n) is 10.2. The number of benzene rings is 2. The van der Waals surface area contributed by atoms with Gasteiger partial charge in [-0.25, -0.2) is 4.98 Å². The minimum atomic E-state index is -0.0884. The lowest BCUT2D eigenvalue weighted by molar-refractivity contribution is 0.798. The van der Waals surface area contributed by atoms with E-state index < -0.39 is 0 Å². The Bertz CT molecular complexity index is 1290. The molecular formula is C24H23N5O. The first-order chi connectivity index (χ1) is 14.6. The van der Waals surface area contributed by atoms with Gasteiger partial charge < -0.3 is 0 Å². The molecule has 0 saturated heterocycles. The SMILES string of the molecule is CCCc1nc2nc(CC)[nH]n2c(=O)c1Cc1ccc(-c2ccccc2C#N)cc1. The number of nitriles is 1. The molecule has 30 heavy (non-hydrogen) atoms. The molecule has 0 fully saturated rings. The fraction of sp³-hybridized carbons (Fsp3) is 0.250. The summed E-state index contributed by atoms with van der Waals surface area (Å²) in [7, 11) is 0. The van der Waals surface area contributed by atoms with Gasteiger partial charge in [0, 0.05) is 18.4 Å². The van der Waals surface area contributed by atoms with E-state index in [1.54, 1.807) is 0 Å². The maximum absolute atomic E-state index is 13.1. The lowest BCUT2D eigenvalue weighted by atomic mass is 9.97. The molecule has 2 aromatic heterocycles. The highest BCUT2D eigenvalue weighted by molar-refractivity contribution is 5.70. The minimum absolute atomic E-state index is 0.0884. The third kappa shape index (κ3) is 3.62. The maximum atomic E-state index is 13.1. The van der Waals surface area contributed by atoms with Crippen molar-refractivity contribution in [3.05, 3.63) is 87.1 Å². The number of aromatic nitrogens is 4. The van der Waals surface area contributed by atoms with Crippen molar-refractivity contribution in [3.8, 4) is 17.2 Å². The van der Waals surface area contributed by atoms with Crippen LogP contribution >= 0.6 is 0 Å². The van der Waals surface area contributed by atoms with Crippen LogP contribution in [0.25, 0.3) is 16.9 Å². The Morgan fingerprint density at radius 2 is 1.83 bits per heavy atom. The summed E-state index contributed by atoms with van der Waals surface area (Å²) in [4.78, 5) is 22.2. The van der Waals surface area contributed by atoms with Gasteiger partial charge >= 0.3 is 0 Å². The van der Waals surface area contributed by atoms with Crippen LogP contribution in [-0.2, 0) is 19.3 Å². The van der Waals surface area contributed by atoms with Gasteiger partial charge in [0.05, 0.1) is 17.3 Å². The minimum Gasteiger partial charge on any atom is -0.275 e. The van der Waals surface area contributed by atoms with Crippen LogP contribution in [0, 0.1) is 11.3 Å². The van der Waals surface area contributed by atoms with E-state index in [9.17, 15) is 10.1 Å². The van der Waals surface area contributed by atoms with E-state index >= 15 is 0 Å². The number of nitrogens with zero attached hydrogens (tertiary/aromatic N) is 4. The zero-order valence-electron chi connectivity index (χ0n) is 17.1. The van der Waals surface area contributed by atoms with Crippen molar-refractivity contribution in [1.29, 1.82) is 5.26 Å². The van der Waals surface area contributed by atoms with Gasteiger partial charge in [-0.3, -0.25) is 9.89 Å². The number of nitrogens with one attached hydrogen (secondary N) is 1. The molecule has 150 valence electrons. The molecule has 0 spiro atoms. The predicted octanol–water partition coefficient (Wildman–Crippen LogP) is 4.06. The van der Waals surface area contributed by atoms with Gasteiger partial charge in [0.1, 0.15) is 5.82 Å². The Hall–Kier alpha value is -3.72. The van der Waals surface area contributed by atoms with Crippen LogP contribution in [0.4, 0.5) is 0 Å². The monoisotopic (exact) mass is 397 g/mol. The molecule has 6 heteroatoms. The normalized spacial score (nSPS) is 11.0. The van der Waals surface area contributed by atoms with Gasteiger partial charge in [-0.15, -0.1) is 0 Å². The molecule has 4 rings (SSSR count). The van der Waals surface area contributed by atoms with Gasteiger partial charge in [-0.2, -0.15) is 14.8 Å². The third-order valence-electron chi connectivity index (χ3n) is 5.24. The molecule has 2 heterocycles.